The molecule has 23 heavy (non-hydrogen) atoms. The third-order valence-corrected chi connectivity index (χ3v) is 3.80. The molecule has 122 valence electrons. The van der Waals surface area contributed by atoms with Gasteiger partial charge >= 0.3 is 6.03 Å². The molecule has 0 aliphatic carbocycles. The molecule has 0 fully saturated rings. The van der Waals surface area contributed by atoms with E-state index < -0.39 is 0 Å². The number of halogens is 1. The number of rotatable bonds is 6. The first-order valence-electron chi connectivity index (χ1n) is 7.30. The van der Waals surface area contributed by atoms with Gasteiger partial charge in [-0.1, -0.05) is 17.7 Å². The van der Waals surface area contributed by atoms with Gasteiger partial charge in [0.15, 0.2) is 0 Å². The van der Waals surface area contributed by atoms with E-state index in [9.17, 15) is 4.79 Å². The van der Waals surface area contributed by atoms with Gasteiger partial charge in [0.2, 0.25) is 0 Å². The monoisotopic (exact) mass is 333 g/mol. The summed E-state index contributed by atoms with van der Waals surface area (Å²) in [6.45, 7) is 1.06. The summed E-state index contributed by atoms with van der Waals surface area (Å²) >= 11 is 6.18. The van der Waals surface area contributed by atoms with Crippen molar-refractivity contribution in [2.24, 2.45) is 0 Å². The van der Waals surface area contributed by atoms with Crippen molar-refractivity contribution in [3.05, 3.63) is 58.9 Å². The molecule has 1 aromatic heterocycles. The van der Waals surface area contributed by atoms with Gasteiger partial charge in [-0.3, -0.25) is 4.98 Å². The highest BCUT2D eigenvalue weighted by atomic mass is 35.5. The summed E-state index contributed by atoms with van der Waals surface area (Å²) in [4.78, 5) is 17.7. The van der Waals surface area contributed by atoms with Gasteiger partial charge in [-0.2, -0.15) is 0 Å². The maximum absolute atomic E-state index is 12.1. The van der Waals surface area contributed by atoms with E-state index in [1.807, 2.05) is 24.3 Å². The highest BCUT2D eigenvalue weighted by Gasteiger charge is 2.09. The second-order valence-electron chi connectivity index (χ2n) is 5.15. The molecule has 1 N–H and O–H groups in total. The number of ether oxygens (including phenoxy) is 1. The highest BCUT2D eigenvalue weighted by molar-refractivity contribution is 6.31. The average Bonchev–Trinajstić information content (AvgIpc) is 2.57. The fraction of sp³-hybridized carbons (Fsp3) is 0.294. The Morgan fingerprint density at radius 2 is 2.04 bits per heavy atom. The average molecular weight is 334 g/mol. The van der Waals surface area contributed by atoms with E-state index in [0.29, 0.717) is 24.5 Å². The Hall–Kier alpha value is -2.27. The maximum atomic E-state index is 12.1. The van der Waals surface area contributed by atoms with Gasteiger partial charge < -0.3 is 15.0 Å². The quantitative estimate of drug-likeness (QED) is 0.883. The lowest BCUT2D eigenvalue weighted by molar-refractivity contribution is 0.207. The molecule has 0 aliphatic rings. The molecule has 6 heteroatoms. The van der Waals surface area contributed by atoms with E-state index >= 15 is 0 Å². The molecular formula is C17H20ClN3O2. The van der Waals surface area contributed by atoms with Crippen LogP contribution in [0.5, 0.6) is 5.75 Å². The second-order valence-corrected chi connectivity index (χ2v) is 5.56. The van der Waals surface area contributed by atoms with E-state index in [-0.39, 0.29) is 6.03 Å². The summed E-state index contributed by atoms with van der Waals surface area (Å²) in [5.41, 5.74) is 2.01. The first-order chi connectivity index (χ1) is 11.1. The largest absolute Gasteiger partial charge is 0.497 e. The number of pyridine rings is 1. The van der Waals surface area contributed by atoms with Crippen LogP contribution in [0, 0.1) is 0 Å². The van der Waals surface area contributed by atoms with E-state index in [0.717, 1.165) is 16.9 Å². The summed E-state index contributed by atoms with van der Waals surface area (Å²) in [5, 5.41) is 3.53. The Bertz CT molecular complexity index is 650. The van der Waals surface area contributed by atoms with Gasteiger partial charge in [-0.05, 0) is 41.8 Å². The number of urea groups is 1. The molecule has 1 aromatic carbocycles. The number of benzene rings is 1. The number of amides is 2. The Labute approximate surface area is 141 Å². The zero-order chi connectivity index (χ0) is 16.7. The number of carbonyl (C=O) groups is 1. The Morgan fingerprint density at radius 1 is 1.30 bits per heavy atom. The molecule has 2 aromatic rings. The molecule has 1 heterocycles. The molecule has 2 amide bonds. The standard InChI is InChI=1S/C17H20ClN3O2/c1-21(12-13-5-8-19-9-6-13)17(22)20-10-7-14-3-4-15(23-2)11-16(14)18/h3-6,8-9,11H,7,10,12H2,1-2H3,(H,20,22). The molecule has 0 bridgehead atoms. The molecule has 0 radical (unpaired) electrons. The van der Waals surface area contributed by atoms with Crippen LogP contribution in [0.2, 0.25) is 5.02 Å². The molecule has 0 saturated carbocycles. The van der Waals surface area contributed by atoms with Crippen LogP contribution in [-0.4, -0.2) is 36.6 Å². The SMILES string of the molecule is COc1ccc(CCNC(=O)N(C)Cc2ccncc2)c(Cl)c1. The molecule has 0 saturated heterocycles. The summed E-state index contributed by atoms with van der Waals surface area (Å²) in [7, 11) is 3.36. The smallest absolute Gasteiger partial charge is 0.317 e. The van der Waals surface area contributed by atoms with Crippen molar-refractivity contribution < 1.29 is 9.53 Å². The minimum atomic E-state index is -0.119. The molecule has 2 rings (SSSR count). The summed E-state index contributed by atoms with van der Waals surface area (Å²) in [5.74, 6) is 0.722. The Kier molecular flexibility index (Phi) is 6.23. The van der Waals surface area contributed by atoms with Crippen molar-refractivity contribution in [3.8, 4) is 5.75 Å². The highest BCUT2D eigenvalue weighted by Crippen LogP contribution is 2.22. The molecular weight excluding hydrogens is 314 g/mol. The first-order valence-corrected chi connectivity index (χ1v) is 7.68. The first kappa shape index (κ1) is 17.1. The van der Waals surface area contributed by atoms with Gasteiger partial charge in [0.05, 0.1) is 7.11 Å². The summed E-state index contributed by atoms with van der Waals surface area (Å²) in [6.07, 6.45) is 4.09. The lowest BCUT2D eigenvalue weighted by Gasteiger charge is -2.18. The fourth-order valence-corrected chi connectivity index (χ4v) is 2.40. The minimum Gasteiger partial charge on any atom is -0.497 e. The number of hydrogen-bond donors (Lipinski definition) is 1. The van der Waals surface area contributed by atoms with Gasteiger partial charge in [0.25, 0.3) is 0 Å². The van der Waals surface area contributed by atoms with Crippen LogP contribution in [0.4, 0.5) is 4.79 Å². The van der Waals surface area contributed by atoms with E-state index in [1.165, 1.54) is 0 Å². The lowest BCUT2D eigenvalue weighted by Crippen LogP contribution is -2.37. The number of nitrogens with one attached hydrogen (secondary N) is 1. The Balaban J connectivity index is 1.80. The maximum Gasteiger partial charge on any atom is 0.317 e. The van der Waals surface area contributed by atoms with Gasteiger partial charge in [-0.15, -0.1) is 0 Å². The number of methoxy groups -OCH3 is 1. The van der Waals surface area contributed by atoms with Gasteiger partial charge in [0, 0.05) is 37.6 Å². The third kappa shape index (κ3) is 5.14. The van der Waals surface area contributed by atoms with Crippen molar-refractivity contribution in [1.29, 1.82) is 0 Å². The van der Waals surface area contributed by atoms with Crippen LogP contribution in [0.15, 0.2) is 42.7 Å². The Morgan fingerprint density at radius 3 is 2.70 bits per heavy atom. The van der Waals surface area contributed by atoms with Gasteiger partial charge in [0.1, 0.15) is 5.75 Å². The van der Waals surface area contributed by atoms with Crippen LogP contribution in [0.3, 0.4) is 0 Å². The molecule has 0 spiro atoms. The number of aromatic nitrogens is 1. The van der Waals surface area contributed by atoms with E-state index in [1.54, 1.807) is 37.5 Å². The van der Waals surface area contributed by atoms with Crippen molar-refractivity contribution in [2.45, 2.75) is 13.0 Å². The van der Waals surface area contributed by atoms with Crippen LogP contribution in [-0.2, 0) is 13.0 Å². The van der Waals surface area contributed by atoms with Crippen LogP contribution >= 0.6 is 11.6 Å². The third-order valence-electron chi connectivity index (χ3n) is 3.45. The summed E-state index contributed by atoms with van der Waals surface area (Å²) < 4.78 is 5.12. The fourth-order valence-electron chi connectivity index (χ4n) is 2.13. The molecule has 5 nitrogen and oxygen atoms in total. The topological polar surface area (TPSA) is 54.5 Å². The molecule has 0 atom stereocenters. The van der Waals surface area contributed by atoms with Crippen molar-refractivity contribution in [1.82, 2.24) is 15.2 Å². The number of nitrogens with zero attached hydrogens (tertiary/aromatic N) is 2. The zero-order valence-corrected chi connectivity index (χ0v) is 14.0. The minimum absolute atomic E-state index is 0.119. The van der Waals surface area contributed by atoms with E-state index in [4.69, 9.17) is 16.3 Å². The van der Waals surface area contributed by atoms with Crippen molar-refractivity contribution in [2.75, 3.05) is 20.7 Å². The van der Waals surface area contributed by atoms with Crippen molar-refractivity contribution in [3.63, 3.8) is 0 Å². The summed E-state index contributed by atoms with van der Waals surface area (Å²) in [6, 6.07) is 9.20. The van der Waals surface area contributed by atoms with Crippen molar-refractivity contribution >= 4 is 17.6 Å². The molecule has 0 aliphatic heterocycles. The van der Waals surface area contributed by atoms with Crippen LogP contribution < -0.4 is 10.1 Å². The zero-order valence-electron chi connectivity index (χ0n) is 13.3. The van der Waals surface area contributed by atoms with Gasteiger partial charge in [-0.25, -0.2) is 4.79 Å². The van der Waals surface area contributed by atoms with Crippen LogP contribution in [0.1, 0.15) is 11.1 Å². The number of carbonyl (C=O) groups excluding carboxylic acids is 1. The second kappa shape index (κ2) is 8.39. The predicted octanol–water partition coefficient (Wildman–Crippen LogP) is 3.13. The van der Waals surface area contributed by atoms with Crippen LogP contribution in [0.25, 0.3) is 0 Å². The normalized spacial score (nSPS) is 10.2. The predicted molar refractivity (Wildman–Crippen MR) is 90.8 cm³/mol. The molecule has 0 unspecified atom stereocenters. The number of hydrogen-bond acceptors (Lipinski definition) is 3. The lowest BCUT2D eigenvalue weighted by atomic mass is 10.1. The van der Waals surface area contributed by atoms with E-state index in [2.05, 4.69) is 10.3 Å².